The lowest BCUT2D eigenvalue weighted by molar-refractivity contribution is 0.0767. The molecule has 2 aromatic heterocycles. The van der Waals surface area contributed by atoms with Crippen molar-refractivity contribution in [1.82, 2.24) is 25.3 Å². The first-order valence-corrected chi connectivity index (χ1v) is 15.0. The summed E-state index contributed by atoms with van der Waals surface area (Å²) >= 11 is 0. The van der Waals surface area contributed by atoms with Crippen LogP contribution in [0, 0.1) is 0 Å². The van der Waals surface area contributed by atoms with E-state index in [4.69, 9.17) is 19.4 Å². The number of anilines is 3. The summed E-state index contributed by atoms with van der Waals surface area (Å²) in [4.78, 5) is 28.4. The Hall–Kier alpha value is -4.87. The van der Waals surface area contributed by atoms with Crippen LogP contribution in [0.1, 0.15) is 23.7 Å². The van der Waals surface area contributed by atoms with Crippen LogP contribution in [0.25, 0.3) is 11.4 Å². The van der Waals surface area contributed by atoms with Gasteiger partial charge in [-0.1, -0.05) is 30.3 Å². The van der Waals surface area contributed by atoms with Crippen molar-refractivity contribution in [3.05, 3.63) is 102 Å². The zero-order valence-electron chi connectivity index (χ0n) is 24.6. The van der Waals surface area contributed by atoms with Gasteiger partial charge in [-0.05, 0) is 55.3 Å². The van der Waals surface area contributed by atoms with E-state index < -0.39 is 0 Å². The molecule has 224 valence electrons. The number of aromatic nitrogens is 4. The third kappa shape index (κ3) is 6.24. The SMILES string of the molecule is C[C@H]1COCCN1c1nc(-c2ccc(NC3=NC(OCc4ccccc4)C=CN3)cc2)nc2c1CCN(c1ncccn1)C2. The van der Waals surface area contributed by atoms with E-state index in [1.54, 1.807) is 12.4 Å². The molecule has 11 heteroatoms. The first-order chi connectivity index (χ1) is 21.7. The van der Waals surface area contributed by atoms with Gasteiger partial charge in [0.15, 0.2) is 12.1 Å². The Morgan fingerprint density at radius 3 is 2.66 bits per heavy atom. The maximum atomic E-state index is 5.97. The third-order valence-electron chi connectivity index (χ3n) is 7.92. The Bertz CT molecular complexity index is 1630. The molecule has 0 amide bonds. The van der Waals surface area contributed by atoms with Gasteiger partial charge in [0.05, 0.1) is 38.1 Å². The second-order valence-corrected chi connectivity index (χ2v) is 11.0. The van der Waals surface area contributed by atoms with Gasteiger partial charge in [0.25, 0.3) is 0 Å². The smallest absolute Gasteiger partial charge is 0.225 e. The number of hydrogen-bond acceptors (Lipinski definition) is 11. The number of hydrogen-bond donors (Lipinski definition) is 2. The number of nitrogens with one attached hydrogen (secondary N) is 2. The molecule has 1 saturated heterocycles. The van der Waals surface area contributed by atoms with E-state index in [0.717, 1.165) is 53.8 Å². The van der Waals surface area contributed by atoms with Gasteiger partial charge in [0, 0.05) is 48.5 Å². The maximum absolute atomic E-state index is 5.97. The summed E-state index contributed by atoms with van der Waals surface area (Å²) in [6, 6.07) is 20.3. The highest BCUT2D eigenvalue weighted by Crippen LogP contribution is 2.32. The lowest BCUT2D eigenvalue weighted by Gasteiger charge is -2.37. The average molecular weight is 590 g/mol. The first-order valence-electron chi connectivity index (χ1n) is 15.0. The molecular formula is C33H35N9O2. The summed E-state index contributed by atoms with van der Waals surface area (Å²) in [5, 5.41) is 6.52. The number of morpholine rings is 1. The van der Waals surface area contributed by atoms with Crippen LogP contribution in [0.3, 0.4) is 0 Å². The Labute approximate surface area is 256 Å². The fourth-order valence-electron chi connectivity index (χ4n) is 5.62. The van der Waals surface area contributed by atoms with Crippen molar-refractivity contribution in [2.45, 2.75) is 38.8 Å². The highest BCUT2D eigenvalue weighted by atomic mass is 16.5. The summed E-state index contributed by atoms with van der Waals surface area (Å²) in [5.41, 5.74) is 5.15. The predicted octanol–water partition coefficient (Wildman–Crippen LogP) is 4.15. The quantitative estimate of drug-likeness (QED) is 0.326. The summed E-state index contributed by atoms with van der Waals surface area (Å²) in [6.07, 6.45) is 7.75. The topological polar surface area (TPSA) is 113 Å². The number of nitrogens with zero attached hydrogens (tertiary/aromatic N) is 7. The number of rotatable bonds is 7. The van der Waals surface area contributed by atoms with Crippen LogP contribution in [0.4, 0.5) is 17.5 Å². The zero-order valence-corrected chi connectivity index (χ0v) is 24.6. The summed E-state index contributed by atoms with van der Waals surface area (Å²) < 4.78 is 11.7. The molecular weight excluding hydrogens is 554 g/mol. The summed E-state index contributed by atoms with van der Waals surface area (Å²) in [7, 11) is 0. The third-order valence-corrected chi connectivity index (χ3v) is 7.92. The molecule has 7 rings (SSSR count). The Morgan fingerprint density at radius 2 is 1.84 bits per heavy atom. The van der Waals surface area contributed by atoms with Crippen LogP contribution in [0.15, 0.2) is 90.3 Å². The van der Waals surface area contributed by atoms with Crippen LogP contribution in [-0.2, 0) is 29.0 Å². The highest BCUT2D eigenvalue weighted by Gasteiger charge is 2.29. The lowest BCUT2D eigenvalue weighted by Crippen LogP contribution is -2.45. The molecule has 4 aromatic rings. The van der Waals surface area contributed by atoms with E-state index in [-0.39, 0.29) is 12.3 Å². The van der Waals surface area contributed by atoms with E-state index in [0.29, 0.717) is 38.1 Å². The summed E-state index contributed by atoms with van der Waals surface area (Å²) in [5.74, 6) is 3.04. The molecule has 2 atom stereocenters. The Kier molecular flexibility index (Phi) is 8.11. The van der Waals surface area contributed by atoms with Crippen molar-refractivity contribution in [3.63, 3.8) is 0 Å². The number of fused-ring (bicyclic) bond motifs is 1. The number of ether oxygens (including phenoxy) is 2. The number of guanidine groups is 1. The average Bonchev–Trinajstić information content (AvgIpc) is 3.08. The van der Waals surface area contributed by atoms with Gasteiger partial charge in [0.1, 0.15) is 5.82 Å². The molecule has 3 aliphatic rings. The van der Waals surface area contributed by atoms with E-state index >= 15 is 0 Å². The van der Waals surface area contributed by atoms with E-state index in [2.05, 4.69) is 42.3 Å². The van der Waals surface area contributed by atoms with Crippen molar-refractivity contribution >= 4 is 23.4 Å². The normalized spacial score (nSPS) is 19.6. The minimum absolute atomic E-state index is 0.232. The molecule has 1 fully saturated rings. The van der Waals surface area contributed by atoms with Crippen molar-refractivity contribution in [2.24, 2.45) is 4.99 Å². The molecule has 0 radical (unpaired) electrons. The molecule has 2 aromatic carbocycles. The molecule has 44 heavy (non-hydrogen) atoms. The van der Waals surface area contributed by atoms with Crippen LogP contribution in [0.2, 0.25) is 0 Å². The second kappa shape index (κ2) is 12.8. The molecule has 3 aliphatic heterocycles. The molecule has 0 spiro atoms. The van der Waals surface area contributed by atoms with Crippen molar-refractivity contribution < 1.29 is 9.47 Å². The molecule has 5 heterocycles. The Morgan fingerprint density at radius 1 is 1.00 bits per heavy atom. The predicted molar refractivity (Wildman–Crippen MR) is 170 cm³/mol. The van der Waals surface area contributed by atoms with Crippen LogP contribution in [0.5, 0.6) is 0 Å². The van der Waals surface area contributed by atoms with Gasteiger partial charge >= 0.3 is 0 Å². The number of benzene rings is 2. The molecule has 11 nitrogen and oxygen atoms in total. The van der Waals surface area contributed by atoms with Crippen LogP contribution in [-0.4, -0.2) is 64.5 Å². The fraction of sp³-hybridized carbons (Fsp3) is 0.303. The molecule has 0 bridgehead atoms. The van der Waals surface area contributed by atoms with Crippen molar-refractivity contribution in [2.75, 3.05) is 41.4 Å². The Balaban J connectivity index is 1.11. The fourth-order valence-corrected chi connectivity index (χ4v) is 5.62. The van der Waals surface area contributed by atoms with Gasteiger partial charge < -0.3 is 29.9 Å². The van der Waals surface area contributed by atoms with Crippen molar-refractivity contribution in [1.29, 1.82) is 0 Å². The highest BCUT2D eigenvalue weighted by molar-refractivity contribution is 5.95. The largest absolute Gasteiger partial charge is 0.377 e. The van der Waals surface area contributed by atoms with Gasteiger partial charge in [-0.15, -0.1) is 0 Å². The molecule has 2 N–H and O–H groups in total. The van der Waals surface area contributed by atoms with Gasteiger partial charge in [-0.3, -0.25) is 0 Å². The zero-order chi connectivity index (χ0) is 29.7. The maximum Gasteiger partial charge on any atom is 0.225 e. The summed E-state index contributed by atoms with van der Waals surface area (Å²) in [6.45, 7) is 6.30. The van der Waals surface area contributed by atoms with E-state index in [9.17, 15) is 0 Å². The first kappa shape index (κ1) is 27.9. The van der Waals surface area contributed by atoms with Gasteiger partial charge in [0.2, 0.25) is 11.9 Å². The second-order valence-electron chi connectivity index (χ2n) is 11.0. The van der Waals surface area contributed by atoms with Crippen molar-refractivity contribution in [3.8, 4) is 11.4 Å². The van der Waals surface area contributed by atoms with Crippen LogP contribution >= 0.6 is 0 Å². The minimum atomic E-state index is -0.371. The molecule has 0 saturated carbocycles. The molecule has 1 unspecified atom stereocenters. The minimum Gasteiger partial charge on any atom is -0.377 e. The lowest BCUT2D eigenvalue weighted by atomic mass is 10.0. The monoisotopic (exact) mass is 589 g/mol. The number of aliphatic imine (C=N–C) groups is 1. The van der Waals surface area contributed by atoms with E-state index in [1.165, 1.54) is 5.56 Å². The standard InChI is InChI=1S/C33H35N9O2/c1-23-21-43-19-18-42(23)31-27-13-17-41(33-35-14-5-15-36-33)20-28(27)38-30(40-31)25-8-10-26(11-9-25)37-32-34-16-12-29(39-32)44-22-24-6-3-2-4-7-24/h2-12,14-16,23,29H,13,17-22H2,1H3,(H2,34,37,39)/t23-,29?/m0/s1. The van der Waals surface area contributed by atoms with Gasteiger partial charge in [-0.25, -0.2) is 24.9 Å². The van der Waals surface area contributed by atoms with E-state index in [1.807, 2.05) is 72.9 Å². The molecule has 0 aliphatic carbocycles. The van der Waals surface area contributed by atoms with Gasteiger partial charge in [-0.2, -0.15) is 0 Å². The van der Waals surface area contributed by atoms with Crippen LogP contribution < -0.4 is 20.4 Å².